The van der Waals surface area contributed by atoms with Gasteiger partial charge in [-0.2, -0.15) is 0 Å². The summed E-state index contributed by atoms with van der Waals surface area (Å²) in [5.74, 6) is -0.508. The van der Waals surface area contributed by atoms with Gasteiger partial charge < -0.3 is 30.4 Å². The quantitative estimate of drug-likeness (QED) is 0.178. The number of ether oxygens (including phenoxy) is 4. The first-order valence-corrected chi connectivity index (χ1v) is 22.2. The molecule has 4 heterocycles. The molecule has 2 aliphatic heterocycles. The minimum absolute atomic E-state index is 0. The van der Waals surface area contributed by atoms with Crippen LogP contribution in [-0.2, 0) is 45.5 Å². The van der Waals surface area contributed by atoms with Crippen molar-refractivity contribution in [2.24, 2.45) is 5.73 Å². The molecule has 332 valence electrons. The maximum absolute atomic E-state index is 13.8. The topological polar surface area (TPSA) is 224 Å². The lowest BCUT2D eigenvalue weighted by atomic mass is 10.1. The summed E-state index contributed by atoms with van der Waals surface area (Å²) in [5.41, 5.74) is 13.2. The Morgan fingerprint density at radius 2 is 1.21 bits per heavy atom. The molecule has 6 rings (SSSR count). The lowest BCUT2D eigenvalue weighted by Gasteiger charge is -2.35. The standard InChI is InChI=1S/C27H36N2O7S.C15H18N4O3S.CH4/c1-18-9-8-10-21(13-18)37(32,33)29-17-20(11-12-23(30)35-26(2,3)4)34-25-22(29)14-19(16-28-25)15-24(31)36-27(5,6)7;1-10-3-2-4-13(5-10)23(20,21)19-9-12(7-16)22-15-14(19)6-11(17)8-18-15;/h8-10,13-14,16,20H,11-12,15,17H2,1-7H3;2-6,8,12H,7,9,16-17H2,1H3;1H4/t20-;12-;/m00./s1. The highest BCUT2D eigenvalue weighted by Crippen LogP contribution is 2.38. The van der Waals surface area contributed by atoms with Crippen molar-refractivity contribution in [1.82, 2.24) is 9.97 Å². The van der Waals surface area contributed by atoms with Gasteiger partial charge >= 0.3 is 11.9 Å². The number of hydrogen-bond acceptors (Lipinski definition) is 14. The Balaban J connectivity index is 0.000000292. The van der Waals surface area contributed by atoms with E-state index >= 15 is 0 Å². The number of esters is 2. The summed E-state index contributed by atoms with van der Waals surface area (Å²) < 4.78 is 78.5. The zero-order chi connectivity index (χ0) is 44.2. The fourth-order valence-corrected chi connectivity index (χ4v) is 9.46. The van der Waals surface area contributed by atoms with Gasteiger partial charge in [-0.1, -0.05) is 31.7 Å². The number of rotatable bonds is 10. The van der Waals surface area contributed by atoms with E-state index in [4.69, 9.17) is 30.4 Å². The Morgan fingerprint density at radius 1 is 0.738 bits per heavy atom. The highest BCUT2D eigenvalue weighted by atomic mass is 32.2. The summed E-state index contributed by atoms with van der Waals surface area (Å²) in [5, 5.41) is 0. The molecule has 0 aliphatic carbocycles. The van der Waals surface area contributed by atoms with E-state index in [0.717, 1.165) is 11.1 Å². The van der Waals surface area contributed by atoms with Crippen LogP contribution < -0.4 is 29.6 Å². The second kappa shape index (κ2) is 19.1. The number of fused-ring (bicyclic) bond motifs is 2. The van der Waals surface area contributed by atoms with E-state index < -0.39 is 55.4 Å². The van der Waals surface area contributed by atoms with E-state index in [1.807, 2.05) is 26.0 Å². The van der Waals surface area contributed by atoms with E-state index in [1.165, 1.54) is 27.1 Å². The third-order valence-electron chi connectivity index (χ3n) is 8.85. The number of aromatic nitrogens is 2. The van der Waals surface area contributed by atoms with Crippen molar-refractivity contribution in [3.63, 3.8) is 0 Å². The molecule has 18 heteroatoms. The molecule has 0 saturated carbocycles. The largest absolute Gasteiger partial charge is 0.471 e. The smallest absolute Gasteiger partial charge is 0.310 e. The molecule has 2 aliphatic rings. The molecule has 2 aromatic carbocycles. The van der Waals surface area contributed by atoms with Crippen LogP contribution in [0, 0.1) is 13.8 Å². The predicted molar refractivity (Wildman–Crippen MR) is 234 cm³/mol. The molecular formula is C43H58N6O10S2. The highest BCUT2D eigenvalue weighted by molar-refractivity contribution is 7.93. The van der Waals surface area contributed by atoms with Gasteiger partial charge in [-0.05, 0) is 115 Å². The number of anilines is 3. The van der Waals surface area contributed by atoms with Crippen LogP contribution in [-0.4, -0.2) is 81.8 Å². The molecule has 2 atom stereocenters. The average Bonchev–Trinajstić information content (AvgIpc) is 3.15. The number of carbonyl (C=O) groups excluding carboxylic acids is 2. The van der Waals surface area contributed by atoms with Crippen molar-refractivity contribution in [3.05, 3.63) is 89.7 Å². The second-order valence-corrected chi connectivity index (χ2v) is 20.3. The summed E-state index contributed by atoms with van der Waals surface area (Å²) in [6, 6.07) is 16.5. The molecule has 0 spiro atoms. The fourth-order valence-electron chi connectivity index (χ4n) is 6.28. The van der Waals surface area contributed by atoms with Gasteiger partial charge in [0.25, 0.3) is 20.0 Å². The number of sulfonamides is 2. The summed E-state index contributed by atoms with van der Waals surface area (Å²) >= 11 is 0. The van der Waals surface area contributed by atoms with Crippen LogP contribution in [0.4, 0.5) is 17.1 Å². The Hall–Kier alpha value is -5.46. The number of aryl methyl sites for hydroxylation is 2. The first-order valence-electron chi connectivity index (χ1n) is 19.4. The maximum atomic E-state index is 13.8. The van der Waals surface area contributed by atoms with Crippen molar-refractivity contribution in [2.75, 3.05) is 34.0 Å². The van der Waals surface area contributed by atoms with Gasteiger partial charge in [-0.3, -0.25) is 18.2 Å². The average molecular weight is 883 g/mol. The molecule has 16 nitrogen and oxygen atoms in total. The molecule has 4 aromatic rings. The van der Waals surface area contributed by atoms with Crippen LogP contribution >= 0.6 is 0 Å². The van der Waals surface area contributed by atoms with E-state index in [-0.39, 0.29) is 73.6 Å². The van der Waals surface area contributed by atoms with Crippen LogP contribution in [0.1, 0.15) is 78.5 Å². The van der Waals surface area contributed by atoms with Gasteiger partial charge in [-0.15, -0.1) is 0 Å². The lowest BCUT2D eigenvalue weighted by Crippen LogP contribution is -2.46. The molecular weight excluding hydrogens is 825 g/mol. The van der Waals surface area contributed by atoms with Crippen LogP contribution in [0.2, 0.25) is 0 Å². The number of pyridine rings is 2. The van der Waals surface area contributed by atoms with Gasteiger partial charge in [0, 0.05) is 19.2 Å². The van der Waals surface area contributed by atoms with Gasteiger partial charge in [0.15, 0.2) is 0 Å². The van der Waals surface area contributed by atoms with E-state index in [0.29, 0.717) is 16.9 Å². The second-order valence-electron chi connectivity index (χ2n) is 16.6. The third-order valence-corrected chi connectivity index (χ3v) is 12.4. The monoisotopic (exact) mass is 882 g/mol. The molecule has 0 unspecified atom stereocenters. The number of nitrogen functional groups attached to an aromatic ring is 1. The SMILES string of the molecule is C.Cc1cccc(S(=O)(=O)N2C[C@H](CCC(=O)OC(C)(C)C)Oc3ncc(CC(=O)OC(C)(C)C)cc32)c1.Cc1cccc(S(=O)(=O)N2C[C@H](CN)Oc3ncc(N)cc32)c1. The molecule has 61 heavy (non-hydrogen) atoms. The predicted octanol–water partition coefficient (Wildman–Crippen LogP) is 5.88. The Labute approximate surface area is 359 Å². The number of hydrogen-bond donors (Lipinski definition) is 2. The summed E-state index contributed by atoms with van der Waals surface area (Å²) in [6.07, 6.45) is 2.05. The maximum Gasteiger partial charge on any atom is 0.310 e. The minimum Gasteiger partial charge on any atom is -0.471 e. The summed E-state index contributed by atoms with van der Waals surface area (Å²) in [6.45, 7) is 14.6. The van der Waals surface area contributed by atoms with E-state index in [9.17, 15) is 26.4 Å². The normalized spacial score (nSPS) is 16.3. The summed E-state index contributed by atoms with van der Waals surface area (Å²) in [7, 11) is -7.75. The zero-order valence-electron chi connectivity index (χ0n) is 35.2. The number of carbonyl (C=O) groups is 2. The van der Waals surface area contributed by atoms with Crippen LogP contribution in [0.3, 0.4) is 0 Å². The Morgan fingerprint density at radius 3 is 1.72 bits per heavy atom. The summed E-state index contributed by atoms with van der Waals surface area (Å²) in [4.78, 5) is 33.4. The van der Waals surface area contributed by atoms with Gasteiger partial charge in [0.2, 0.25) is 11.8 Å². The van der Waals surface area contributed by atoms with Crippen LogP contribution in [0.15, 0.2) is 82.8 Å². The number of benzene rings is 2. The number of nitrogens with two attached hydrogens (primary N) is 2. The van der Waals surface area contributed by atoms with E-state index in [2.05, 4.69) is 9.97 Å². The first kappa shape index (κ1) is 48.2. The van der Waals surface area contributed by atoms with Gasteiger partial charge in [0.1, 0.15) is 34.8 Å². The molecule has 2 aromatic heterocycles. The third kappa shape index (κ3) is 12.5. The van der Waals surface area contributed by atoms with Gasteiger partial charge in [-0.25, -0.2) is 26.8 Å². The Kier molecular flexibility index (Phi) is 15.1. The van der Waals surface area contributed by atoms with Crippen molar-refractivity contribution < 1.29 is 45.4 Å². The Bertz CT molecular complexity index is 2430. The van der Waals surface area contributed by atoms with E-state index in [1.54, 1.807) is 84.0 Å². The fraction of sp³-hybridized carbons (Fsp3) is 0.442. The first-order chi connectivity index (χ1) is 27.9. The molecule has 0 amide bonds. The van der Waals surface area contributed by atoms with Gasteiger partial charge in [0.05, 0.1) is 41.2 Å². The van der Waals surface area contributed by atoms with Crippen molar-refractivity contribution in [3.8, 4) is 11.8 Å². The highest BCUT2D eigenvalue weighted by Gasteiger charge is 2.37. The molecule has 4 N–H and O–H groups in total. The molecule has 0 saturated heterocycles. The minimum atomic E-state index is -3.99. The zero-order valence-corrected chi connectivity index (χ0v) is 36.8. The number of nitrogens with zero attached hydrogens (tertiary/aromatic N) is 4. The van der Waals surface area contributed by atoms with Crippen molar-refractivity contribution in [2.45, 2.75) is 115 Å². The van der Waals surface area contributed by atoms with Crippen molar-refractivity contribution >= 4 is 49.0 Å². The van der Waals surface area contributed by atoms with Crippen molar-refractivity contribution in [1.29, 1.82) is 0 Å². The van der Waals surface area contributed by atoms with Crippen LogP contribution in [0.5, 0.6) is 11.8 Å². The molecule has 0 fully saturated rings. The lowest BCUT2D eigenvalue weighted by molar-refractivity contribution is -0.155. The molecule has 0 radical (unpaired) electrons. The molecule has 0 bridgehead atoms. The van der Waals surface area contributed by atoms with Crippen LogP contribution in [0.25, 0.3) is 0 Å².